The van der Waals surface area contributed by atoms with E-state index in [0.29, 0.717) is 13.1 Å². The third kappa shape index (κ3) is 3.03. The number of hydrogen-bond donors (Lipinski definition) is 3. The largest absolute Gasteiger partial charge is 0.478 e. The van der Waals surface area contributed by atoms with Gasteiger partial charge in [-0.1, -0.05) is 0 Å². The number of hydrogen-bond acceptors (Lipinski definition) is 4. The Morgan fingerprint density at radius 2 is 2.27 bits per heavy atom. The van der Waals surface area contributed by atoms with Crippen molar-refractivity contribution >= 4 is 11.9 Å². The Morgan fingerprint density at radius 3 is 2.87 bits per heavy atom. The zero-order chi connectivity index (χ0) is 11.3. The summed E-state index contributed by atoms with van der Waals surface area (Å²) in [6.45, 7) is 0.655. The maximum Gasteiger partial charge on any atom is 0.335 e. The molecule has 0 spiro atoms. The van der Waals surface area contributed by atoms with Gasteiger partial charge in [-0.15, -0.1) is 0 Å². The van der Waals surface area contributed by atoms with E-state index in [1.807, 2.05) is 0 Å². The van der Waals surface area contributed by atoms with E-state index in [2.05, 4.69) is 10.3 Å². The molecule has 0 atom stereocenters. The summed E-state index contributed by atoms with van der Waals surface area (Å²) < 4.78 is 0. The van der Waals surface area contributed by atoms with E-state index < -0.39 is 11.9 Å². The Hall–Kier alpha value is -1.95. The van der Waals surface area contributed by atoms with Crippen molar-refractivity contribution in [2.75, 3.05) is 13.1 Å². The van der Waals surface area contributed by atoms with Gasteiger partial charge in [-0.3, -0.25) is 9.78 Å². The molecule has 0 fully saturated rings. The van der Waals surface area contributed by atoms with Gasteiger partial charge in [0.25, 0.3) is 5.91 Å². The van der Waals surface area contributed by atoms with Crippen LogP contribution in [-0.4, -0.2) is 35.1 Å². The lowest BCUT2D eigenvalue weighted by molar-refractivity contribution is 0.0696. The van der Waals surface area contributed by atoms with Gasteiger partial charge in [-0.2, -0.15) is 0 Å². The van der Waals surface area contributed by atoms with Crippen molar-refractivity contribution in [2.45, 2.75) is 0 Å². The number of rotatable bonds is 4. The summed E-state index contributed by atoms with van der Waals surface area (Å²) in [4.78, 5) is 25.7. The lowest BCUT2D eigenvalue weighted by Gasteiger charge is -2.02. The molecule has 1 rings (SSSR count). The first-order valence-corrected chi connectivity index (χ1v) is 4.32. The van der Waals surface area contributed by atoms with Gasteiger partial charge in [0, 0.05) is 19.3 Å². The summed E-state index contributed by atoms with van der Waals surface area (Å²) in [6.07, 6.45) is 1.28. The van der Waals surface area contributed by atoms with Crippen LogP contribution in [0, 0.1) is 0 Å². The average Bonchev–Trinajstić information content (AvgIpc) is 2.26. The minimum Gasteiger partial charge on any atom is -0.478 e. The number of pyridine rings is 1. The average molecular weight is 209 g/mol. The number of aromatic nitrogens is 1. The molecule has 6 heteroatoms. The lowest BCUT2D eigenvalue weighted by Crippen LogP contribution is -2.29. The minimum absolute atomic E-state index is 0.0305. The number of aromatic carboxylic acids is 1. The van der Waals surface area contributed by atoms with Crippen LogP contribution in [0.3, 0.4) is 0 Å². The zero-order valence-corrected chi connectivity index (χ0v) is 7.93. The van der Waals surface area contributed by atoms with Gasteiger partial charge >= 0.3 is 5.97 Å². The van der Waals surface area contributed by atoms with Gasteiger partial charge in [0.2, 0.25) is 0 Å². The monoisotopic (exact) mass is 209 g/mol. The molecule has 80 valence electrons. The fraction of sp³-hybridized carbons (Fsp3) is 0.222. The Bertz CT molecular complexity index is 379. The quantitative estimate of drug-likeness (QED) is 0.618. The Morgan fingerprint density at radius 1 is 1.53 bits per heavy atom. The Balaban J connectivity index is 2.81. The molecular formula is C9H11N3O3. The molecule has 0 unspecified atom stereocenters. The van der Waals surface area contributed by atoms with Crippen LogP contribution < -0.4 is 11.1 Å². The first-order valence-electron chi connectivity index (χ1n) is 4.32. The summed E-state index contributed by atoms with van der Waals surface area (Å²) in [5.74, 6) is -1.52. The predicted molar refractivity (Wildman–Crippen MR) is 52.6 cm³/mol. The number of nitrogens with two attached hydrogens (primary N) is 1. The van der Waals surface area contributed by atoms with Gasteiger partial charge in [0.1, 0.15) is 5.69 Å². The summed E-state index contributed by atoms with van der Waals surface area (Å²) in [7, 11) is 0. The molecule has 1 heterocycles. The SMILES string of the molecule is NCCNC(=O)c1cc(C(=O)O)ccn1. The second kappa shape index (κ2) is 5.06. The van der Waals surface area contributed by atoms with Crippen LogP contribution in [0.4, 0.5) is 0 Å². The fourth-order valence-corrected chi connectivity index (χ4v) is 0.964. The molecule has 0 aliphatic heterocycles. The minimum atomic E-state index is -1.09. The van der Waals surface area contributed by atoms with Crippen LogP contribution in [0.15, 0.2) is 18.3 Å². The van der Waals surface area contributed by atoms with E-state index >= 15 is 0 Å². The first-order chi connectivity index (χ1) is 7.15. The third-order valence-electron chi connectivity index (χ3n) is 1.67. The van der Waals surface area contributed by atoms with Gasteiger partial charge < -0.3 is 16.2 Å². The van der Waals surface area contributed by atoms with Crippen LogP contribution in [0.5, 0.6) is 0 Å². The Kier molecular flexibility index (Phi) is 3.75. The summed E-state index contributed by atoms with van der Waals surface area (Å²) >= 11 is 0. The second-order valence-electron chi connectivity index (χ2n) is 2.78. The smallest absolute Gasteiger partial charge is 0.335 e. The molecule has 4 N–H and O–H groups in total. The number of amides is 1. The number of carbonyl (C=O) groups excluding carboxylic acids is 1. The van der Waals surface area contributed by atoms with Crippen molar-refractivity contribution in [3.8, 4) is 0 Å². The fourth-order valence-electron chi connectivity index (χ4n) is 0.964. The molecule has 0 aromatic carbocycles. The molecule has 0 saturated carbocycles. The summed E-state index contributed by atoms with van der Waals surface area (Å²) in [5.41, 5.74) is 5.31. The molecule has 0 bridgehead atoms. The molecule has 1 aromatic heterocycles. The van der Waals surface area contributed by atoms with Gasteiger partial charge in [-0.05, 0) is 12.1 Å². The van der Waals surface area contributed by atoms with Crippen molar-refractivity contribution < 1.29 is 14.7 Å². The van der Waals surface area contributed by atoms with Gasteiger partial charge in [0.15, 0.2) is 0 Å². The molecular weight excluding hydrogens is 198 g/mol. The molecule has 0 aliphatic rings. The van der Waals surface area contributed by atoms with Crippen LogP contribution >= 0.6 is 0 Å². The number of carboxylic acid groups (broad SMARTS) is 1. The van der Waals surface area contributed by atoms with E-state index in [1.54, 1.807) is 0 Å². The second-order valence-corrected chi connectivity index (χ2v) is 2.78. The van der Waals surface area contributed by atoms with Crippen molar-refractivity contribution in [1.82, 2.24) is 10.3 Å². The lowest BCUT2D eigenvalue weighted by atomic mass is 10.2. The first kappa shape index (κ1) is 11.1. The summed E-state index contributed by atoms with van der Waals surface area (Å²) in [6, 6.07) is 2.54. The highest BCUT2D eigenvalue weighted by Crippen LogP contribution is 2.01. The standard InChI is InChI=1S/C9H11N3O3/c10-2-4-12-8(13)7-5-6(9(14)15)1-3-11-7/h1,3,5H,2,4,10H2,(H,12,13)(H,14,15). The molecule has 15 heavy (non-hydrogen) atoms. The molecule has 1 amide bonds. The van der Waals surface area contributed by atoms with E-state index in [1.165, 1.54) is 18.3 Å². The van der Waals surface area contributed by atoms with E-state index in [4.69, 9.17) is 10.8 Å². The van der Waals surface area contributed by atoms with Crippen molar-refractivity contribution in [3.05, 3.63) is 29.6 Å². The molecule has 6 nitrogen and oxygen atoms in total. The predicted octanol–water partition coefficient (Wildman–Crippen LogP) is -0.532. The van der Waals surface area contributed by atoms with E-state index in [-0.39, 0.29) is 11.3 Å². The van der Waals surface area contributed by atoms with Crippen molar-refractivity contribution in [3.63, 3.8) is 0 Å². The zero-order valence-electron chi connectivity index (χ0n) is 7.93. The van der Waals surface area contributed by atoms with Gasteiger partial charge in [-0.25, -0.2) is 4.79 Å². The summed E-state index contributed by atoms with van der Waals surface area (Å²) in [5, 5.41) is 11.2. The highest BCUT2D eigenvalue weighted by molar-refractivity contribution is 5.95. The van der Waals surface area contributed by atoms with Gasteiger partial charge in [0.05, 0.1) is 5.56 Å². The molecule has 1 aromatic rings. The molecule has 0 aliphatic carbocycles. The van der Waals surface area contributed by atoms with Crippen LogP contribution in [0.25, 0.3) is 0 Å². The number of carboxylic acids is 1. The van der Waals surface area contributed by atoms with Crippen LogP contribution in [0.2, 0.25) is 0 Å². The van der Waals surface area contributed by atoms with Crippen LogP contribution in [0.1, 0.15) is 20.8 Å². The normalized spacial score (nSPS) is 9.67. The Labute approximate surface area is 86.1 Å². The maximum atomic E-state index is 11.4. The van der Waals surface area contributed by atoms with E-state index in [0.717, 1.165) is 0 Å². The number of carbonyl (C=O) groups is 2. The molecule has 0 radical (unpaired) electrons. The number of nitrogens with zero attached hydrogens (tertiary/aromatic N) is 1. The molecule has 0 saturated heterocycles. The van der Waals surface area contributed by atoms with Crippen molar-refractivity contribution in [2.24, 2.45) is 5.73 Å². The third-order valence-corrected chi connectivity index (χ3v) is 1.67. The van der Waals surface area contributed by atoms with Crippen molar-refractivity contribution in [1.29, 1.82) is 0 Å². The highest BCUT2D eigenvalue weighted by Gasteiger charge is 2.09. The van der Waals surface area contributed by atoms with E-state index in [9.17, 15) is 9.59 Å². The number of nitrogens with one attached hydrogen (secondary N) is 1. The highest BCUT2D eigenvalue weighted by atomic mass is 16.4. The van der Waals surface area contributed by atoms with Crippen LogP contribution in [-0.2, 0) is 0 Å². The maximum absolute atomic E-state index is 11.4. The topological polar surface area (TPSA) is 105 Å².